The van der Waals surface area contributed by atoms with Crippen molar-refractivity contribution in [3.8, 4) is 11.4 Å². The summed E-state index contributed by atoms with van der Waals surface area (Å²) >= 11 is 3.36. The second-order valence-electron chi connectivity index (χ2n) is 5.66. The summed E-state index contributed by atoms with van der Waals surface area (Å²) in [7, 11) is 1.69. The fourth-order valence-electron chi connectivity index (χ4n) is 1.75. The van der Waals surface area contributed by atoms with Crippen molar-refractivity contribution in [2.45, 2.75) is 33.3 Å². The van der Waals surface area contributed by atoms with Crippen LogP contribution < -0.4 is 0 Å². The van der Waals surface area contributed by atoms with E-state index in [0.29, 0.717) is 17.1 Å². The molecule has 0 fully saturated rings. The van der Waals surface area contributed by atoms with Crippen LogP contribution in [-0.2, 0) is 11.8 Å². The van der Waals surface area contributed by atoms with Crippen molar-refractivity contribution >= 4 is 21.9 Å². The van der Waals surface area contributed by atoms with Crippen LogP contribution in [0.25, 0.3) is 11.4 Å². The topological polar surface area (TPSA) is 69.9 Å². The monoisotopic (exact) mass is 352 g/mol. The van der Waals surface area contributed by atoms with Gasteiger partial charge in [-0.3, -0.25) is 4.68 Å². The van der Waals surface area contributed by atoms with Gasteiger partial charge in [-0.1, -0.05) is 0 Å². The molecule has 0 aliphatic rings. The number of hydrogen-bond donors (Lipinski definition) is 0. The van der Waals surface area contributed by atoms with Gasteiger partial charge in [0.15, 0.2) is 11.5 Å². The first kappa shape index (κ1) is 15.6. The molecule has 2 heterocycles. The van der Waals surface area contributed by atoms with Crippen molar-refractivity contribution in [3.05, 3.63) is 28.3 Å². The minimum Gasteiger partial charge on any atom is -0.455 e. The van der Waals surface area contributed by atoms with Crippen LogP contribution in [0.1, 0.15) is 37.0 Å². The molecule has 0 bridgehead atoms. The summed E-state index contributed by atoms with van der Waals surface area (Å²) in [6.45, 7) is 7.32. The number of aromatic nitrogens is 4. The smallest absolute Gasteiger partial charge is 0.357 e. The Morgan fingerprint density at radius 1 is 1.33 bits per heavy atom. The van der Waals surface area contributed by atoms with Gasteiger partial charge in [-0.2, -0.15) is 5.10 Å². The Hall–Kier alpha value is -1.76. The molecule has 0 atom stereocenters. The van der Waals surface area contributed by atoms with Gasteiger partial charge in [-0.15, -0.1) is 0 Å². The molecular formula is C14H17BrN4O2. The summed E-state index contributed by atoms with van der Waals surface area (Å²) in [6, 6.07) is 0. The fourth-order valence-corrected chi connectivity index (χ4v) is 1.94. The second-order valence-corrected chi connectivity index (χ2v) is 6.51. The molecular weight excluding hydrogens is 336 g/mol. The predicted octanol–water partition coefficient (Wildman–Crippen LogP) is 2.90. The lowest BCUT2D eigenvalue weighted by Gasteiger charge is -2.19. The van der Waals surface area contributed by atoms with Crippen molar-refractivity contribution in [1.29, 1.82) is 0 Å². The zero-order valence-corrected chi connectivity index (χ0v) is 14.2. The van der Waals surface area contributed by atoms with Crippen molar-refractivity contribution < 1.29 is 9.53 Å². The van der Waals surface area contributed by atoms with Gasteiger partial charge in [0.05, 0.1) is 21.9 Å². The van der Waals surface area contributed by atoms with Gasteiger partial charge in [0.1, 0.15) is 5.60 Å². The number of rotatable bonds is 2. The maximum absolute atomic E-state index is 12.3. The lowest BCUT2D eigenvalue weighted by atomic mass is 10.2. The highest BCUT2D eigenvalue weighted by Crippen LogP contribution is 2.24. The summed E-state index contributed by atoms with van der Waals surface area (Å²) < 4.78 is 7.70. The van der Waals surface area contributed by atoms with E-state index in [2.05, 4.69) is 31.0 Å². The van der Waals surface area contributed by atoms with Crippen LogP contribution in [0.2, 0.25) is 0 Å². The van der Waals surface area contributed by atoms with E-state index in [4.69, 9.17) is 4.74 Å². The Morgan fingerprint density at radius 3 is 2.57 bits per heavy atom. The summed E-state index contributed by atoms with van der Waals surface area (Å²) in [4.78, 5) is 21.0. The molecule has 0 unspecified atom stereocenters. The molecule has 21 heavy (non-hydrogen) atoms. The number of carbonyl (C=O) groups is 1. The number of carbonyl (C=O) groups excluding carboxylic acids is 1. The molecule has 2 aromatic heterocycles. The molecule has 0 radical (unpaired) electrons. The van der Waals surface area contributed by atoms with Crippen LogP contribution >= 0.6 is 15.9 Å². The van der Waals surface area contributed by atoms with Crippen LogP contribution in [-0.4, -0.2) is 31.3 Å². The number of halogens is 1. The minimum atomic E-state index is -0.574. The van der Waals surface area contributed by atoms with E-state index in [1.807, 2.05) is 27.7 Å². The largest absolute Gasteiger partial charge is 0.455 e. The molecule has 6 nitrogen and oxygen atoms in total. The van der Waals surface area contributed by atoms with Crippen molar-refractivity contribution in [2.24, 2.45) is 7.05 Å². The average Bonchev–Trinajstić information content (AvgIpc) is 2.72. The molecule has 0 aliphatic carbocycles. The molecule has 2 aromatic rings. The molecule has 0 aromatic carbocycles. The molecule has 0 amide bonds. The summed E-state index contributed by atoms with van der Waals surface area (Å²) in [5.74, 6) is 0.00586. The quantitative estimate of drug-likeness (QED) is 0.777. The maximum Gasteiger partial charge on any atom is 0.357 e. The standard InChI is InChI=1S/C14H17BrN4O2/c1-8-10(15)7-16-12(18-8)9-6-17-19(5)11(9)13(20)21-14(2,3)4/h6-7H,1-5H3. The molecule has 0 spiro atoms. The van der Waals surface area contributed by atoms with Crippen LogP contribution in [0.4, 0.5) is 0 Å². The van der Waals surface area contributed by atoms with Gasteiger partial charge in [-0.25, -0.2) is 14.8 Å². The van der Waals surface area contributed by atoms with E-state index in [0.717, 1.165) is 10.2 Å². The van der Waals surface area contributed by atoms with Crippen molar-refractivity contribution in [1.82, 2.24) is 19.7 Å². The van der Waals surface area contributed by atoms with Gasteiger partial charge in [0, 0.05) is 13.2 Å². The van der Waals surface area contributed by atoms with Crippen molar-refractivity contribution in [3.63, 3.8) is 0 Å². The zero-order chi connectivity index (χ0) is 15.8. The first-order chi connectivity index (χ1) is 9.69. The highest BCUT2D eigenvalue weighted by molar-refractivity contribution is 9.10. The zero-order valence-electron chi connectivity index (χ0n) is 12.6. The third kappa shape index (κ3) is 3.47. The fraction of sp³-hybridized carbons (Fsp3) is 0.429. The second kappa shape index (κ2) is 5.55. The maximum atomic E-state index is 12.3. The Labute approximate surface area is 131 Å². The first-order valence-electron chi connectivity index (χ1n) is 6.44. The van der Waals surface area contributed by atoms with Crippen LogP contribution in [0.5, 0.6) is 0 Å². The predicted molar refractivity (Wildman–Crippen MR) is 81.8 cm³/mol. The first-order valence-corrected chi connectivity index (χ1v) is 7.23. The number of aryl methyl sites for hydroxylation is 2. The SMILES string of the molecule is Cc1nc(-c2cnn(C)c2C(=O)OC(C)(C)C)ncc1Br. The van der Waals surface area contributed by atoms with E-state index >= 15 is 0 Å². The lowest BCUT2D eigenvalue weighted by Crippen LogP contribution is -2.25. The normalized spacial score (nSPS) is 11.5. The van der Waals surface area contributed by atoms with E-state index in [1.165, 1.54) is 4.68 Å². The van der Waals surface area contributed by atoms with Gasteiger partial charge in [0.2, 0.25) is 0 Å². The Morgan fingerprint density at radius 2 is 2.00 bits per heavy atom. The minimum absolute atomic E-state index is 0.339. The molecule has 0 saturated carbocycles. The Bertz CT molecular complexity index is 689. The lowest BCUT2D eigenvalue weighted by molar-refractivity contribution is 0.00584. The Kier molecular flexibility index (Phi) is 4.13. The summed E-state index contributed by atoms with van der Waals surface area (Å²) in [5, 5.41) is 4.12. The molecule has 0 saturated heterocycles. The van der Waals surface area contributed by atoms with E-state index < -0.39 is 11.6 Å². The summed E-state index contributed by atoms with van der Waals surface area (Å²) in [5.41, 5.74) is 1.11. The highest BCUT2D eigenvalue weighted by atomic mass is 79.9. The summed E-state index contributed by atoms with van der Waals surface area (Å²) in [6.07, 6.45) is 3.23. The number of hydrogen-bond acceptors (Lipinski definition) is 5. The molecule has 112 valence electrons. The molecule has 2 rings (SSSR count). The van der Waals surface area contributed by atoms with E-state index in [-0.39, 0.29) is 0 Å². The number of nitrogens with zero attached hydrogens (tertiary/aromatic N) is 4. The third-order valence-electron chi connectivity index (χ3n) is 2.69. The molecule has 0 aliphatic heterocycles. The molecule has 0 N–H and O–H groups in total. The highest BCUT2D eigenvalue weighted by Gasteiger charge is 2.25. The van der Waals surface area contributed by atoms with Gasteiger partial charge >= 0.3 is 5.97 Å². The van der Waals surface area contributed by atoms with Crippen LogP contribution in [0.3, 0.4) is 0 Å². The van der Waals surface area contributed by atoms with Gasteiger partial charge in [0.25, 0.3) is 0 Å². The average molecular weight is 353 g/mol. The van der Waals surface area contributed by atoms with Crippen LogP contribution in [0.15, 0.2) is 16.9 Å². The van der Waals surface area contributed by atoms with E-state index in [1.54, 1.807) is 19.4 Å². The van der Waals surface area contributed by atoms with E-state index in [9.17, 15) is 4.79 Å². The van der Waals surface area contributed by atoms with Crippen molar-refractivity contribution in [2.75, 3.05) is 0 Å². The molecule has 7 heteroatoms. The Balaban J connectivity index is 2.47. The number of esters is 1. The number of ether oxygens (including phenoxy) is 1. The van der Waals surface area contributed by atoms with Gasteiger partial charge < -0.3 is 4.74 Å². The van der Waals surface area contributed by atoms with Gasteiger partial charge in [-0.05, 0) is 43.6 Å². The third-order valence-corrected chi connectivity index (χ3v) is 3.47. The van der Waals surface area contributed by atoms with Crippen LogP contribution in [0, 0.1) is 6.92 Å².